The normalized spacial score (nSPS) is 39.2. The average Bonchev–Trinajstić information content (AvgIpc) is 2.52. The Balaban J connectivity index is 1.42. The molecule has 1 saturated heterocycles. The number of rotatable bonds is 2. The smallest absolute Gasteiger partial charge is 0.255 e. The van der Waals surface area contributed by atoms with Crippen molar-refractivity contribution in [3.05, 3.63) is 0 Å². The van der Waals surface area contributed by atoms with E-state index in [0.717, 1.165) is 37.0 Å². The fourth-order valence-electron chi connectivity index (χ4n) is 5.98. The molecule has 4 bridgehead atoms. The fraction of sp³-hybridized carbons (Fsp3) is 0.882. The molecular formula is C17H24Cl2N2O2. The minimum atomic E-state index is -1.000. The number of hydrogen-bond acceptors (Lipinski definition) is 2. The molecule has 1 heterocycles. The first-order valence-electron chi connectivity index (χ1n) is 8.83. The quantitative estimate of drug-likeness (QED) is 0.712. The van der Waals surface area contributed by atoms with Crippen LogP contribution in [0.15, 0.2) is 0 Å². The molecule has 128 valence electrons. The number of nitrogens with zero attached hydrogens (tertiary/aromatic N) is 2. The lowest BCUT2D eigenvalue weighted by molar-refractivity contribution is -0.160. The summed E-state index contributed by atoms with van der Waals surface area (Å²) in [6, 6.07) is 0. The van der Waals surface area contributed by atoms with E-state index in [4.69, 9.17) is 23.2 Å². The van der Waals surface area contributed by atoms with Gasteiger partial charge in [0, 0.05) is 26.2 Å². The van der Waals surface area contributed by atoms with E-state index in [2.05, 4.69) is 0 Å². The molecule has 0 aromatic rings. The molecule has 5 rings (SSSR count). The lowest BCUT2D eigenvalue weighted by atomic mass is 9.49. The van der Waals surface area contributed by atoms with Gasteiger partial charge in [-0.2, -0.15) is 0 Å². The second-order valence-corrected chi connectivity index (χ2v) is 9.21. The van der Waals surface area contributed by atoms with E-state index in [1.165, 1.54) is 19.3 Å². The Morgan fingerprint density at radius 2 is 1.26 bits per heavy atom. The standard InChI is InChI=1S/C17H24Cl2N2O2/c18-14(19)15(22)20-1-3-21(4-2-20)16(23)17-8-11-5-12(9-17)7-13(6-11)10-17/h11-14H,1-10H2. The molecule has 2 amide bonds. The van der Waals surface area contributed by atoms with Gasteiger partial charge in [-0.05, 0) is 56.3 Å². The SMILES string of the molecule is O=C(C(Cl)Cl)N1CCN(C(=O)C23CC4CC(CC(C4)C2)C3)CC1. The van der Waals surface area contributed by atoms with Gasteiger partial charge in [-0.1, -0.05) is 23.2 Å². The zero-order valence-corrected chi connectivity index (χ0v) is 14.9. The Morgan fingerprint density at radius 1 is 0.826 bits per heavy atom. The zero-order valence-electron chi connectivity index (χ0n) is 13.3. The number of carbonyl (C=O) groups is 2. The van der Waals surface area contributed by atoms with Gasteiger partial charge < -0.3 is 9.80 Å². The third-order valence-corrected chi connectivity index (χ3v) is 6.93. The lowest BCUT2D eigenvalue weighted by Crippen LogP contribution is -2.59. The van der Waals surface area contributed by atoms with Crippen LogP contribution in [0.25, 0.3) is 0 Å². The summed E-state index contributed by atoms with van der Waals surface area (Å²) in [5.74, 6) is 2.45. The number of alkyl halides is 2. The summed E-state index contributed by atoms with van der Waals surface area (Å²) in [4.78, 5) is 27.8. The molecular weight excluding hydrogens is 335 g/mol. The van der Waals surface area contributed by atoms with Gasteiger partial charge in [0.2, 0.25) is 5.91 Å². The summed E-state index contributed by atoms with van der Waals surface area (Å²) in [6.07, 6.45) is 7.35. The molecule has 23 heavy (non-hydrogen) atoms. The third-order valence-electron chi connectivity index (χ3n) is 6.56. The largest absolute Gasteiger partial charge is 0.339 e. The van der Waals surface area contributed by atoms with E-state index in [1.54, 1.807) is 4.90 Å². The highest BCUT2D eigenvalue weighted by Crippen LogP contribution is 2.60. The summed E-state index contributed by atoms with van der Waals surface area (Å²) in [5.41, 5.74) is -0.0809. The van der Waals surface area contributed by atoms with Crippen LogP contribution in [-0.4, -0.2) is 52.6 Å². The van der Waals surface area contributed by atoms with Crippen LogP contribution in [0, 0.1) is 23.2 Å². The topological polar surface area (TPSA) is 40.6 Å². The Labute approximate surface area is 147 Å². The second kappa shape index (κ2) is 5.80. The summed E-state index contributed by atoms with van der Waals surface area (Å²) < 4.78 is 0. The van der Waals surface area contributed by atoms with Crippen LogP contribution in [-0.2, 0) is 9.59 Å². The molecule has 6 heteroatoms. The predicted octanol–water partition coefficient (Wildman–Crippen LogP) is 2.68. The van der Waals surface area contributed by atoms with Crippen molar-refractivity contribution in [3.63, 3.8) is 0 Å². The molecule has 4 nitrogen and oxygen atoms in total. The van der Waals surface area contributed by atoms with E-state index < -0.39 is 4.84 Å². The molecule has 4 saturated carbocycles. The highest BCUT2D eigenvalue weighted by atomic mass is 35.5. The molecule has 0 aromatic heterocycles. The molecule has 0 unspecified atom stereocenters. The van der Waals surface area contributed by atoms with Gasteiger partial charge in [0.05, 0.1) is 5.41 Å². The number of carbonyl (C=O) groups excluding carboxylic acids is 2. The molecule has 0 radical (unpaired) electrons. The van der Waals surface area contributed by atoms with Crippen LogP contribution < -0.4 is 0 Å². The fourth-order valence-corrected chi connectivity index (χ4v) is 6.25. The van der Waals surface area contributed by atoms with Crippen LogP contribution in [0.4, 0.5) is 0 Å². The van der Waals surface area contributed by atoms with E-state index in [1.807, 2.05) is 4.90 Å². The lowest BCUT2D eigenvalue weighted by Gasteiger charge is -2.57. The van der Waals surface area contributed by atoms with Crippen molar-refractivity contribution in [2.75, 3.05) is 26.2 Å². The Bertz CT molecular complexity index is 479. The number of piperazine rings is 1. The Hall–Kier alpha value is -0.480. The Kier molecular flexibility index (Phi) is 4.04. The van der Waals surface area contributed by atoms with Gasteiger partial charge in [-0.15, -0.1) is 0 Å². The van der Waals surface area contributed by atoms with Crippen molar-refractivity contribution in [2.45, 2.75) is 43.4 Å². The van der Waals surface area contributed by atoms with Crippen LogP contribution in [0.1, 0.15) is 38.5 Å². The highest BCUT2D eigenvalue weighted by Gasteiger charge is 2.55. The van der Waals surface area contributed by atoms with E-state index in [0.29, 0.717) is 32.1 Å². The minimum absolute atomic E-state index is 0.0809. The molecule has 1 aliphatic heterocycles. The third kappa shape index (κ3) is 2.76. The van der Waals surface area contributed by atoms with E-state index in [9.17, 15) is 9.59 Å². The summed E-state index contributed by atoms with van der Waals surface area (Å²) in [7, 11) is 0. The number of halogens is 2. The van der Waals surface area contributed by atoms with Crippen LogP contribution in [0.5, 0.6) is 0 Å². The second-order valence-electron chi connectivity index (χ2n) is 8.12. The van der Waals surface area contributed by atoms with Gasteiger partial charge in [-0.25, -0.2) is 0 Å². The van der Waals surface area contributed by atoms with Gasteiger partial charge in [0.25, 0.3) is 5.91 Å². The van der Waals surface area contributed by atoms with Gasteiger partial charge in [0.15, 0.2) is 4.84 Å². The minimum Gasteiger partial charge on any atom is -0.339 e. The van der Waals surface area contributed by atoms with Crippen LogP contribution in [0.2, 0.25) is 0 Å². The number of hydrogen-bond donors (Lipinski definition) is 0. The first-order chi connectivity index (χ1) is 11.0. The molecule has 5 fully saturated rings. The molecule has 0 N–H and O–H groups in total. The van der Waals surface area contributed by atoms with Crippen molar-refractivity contribution in [1.82, 2.24) is 9.80 Å². The first-order valence-corrected chi connectivity index (χ1v) is 9.70. The van der Waals surface area contributed by atoms with Crippen LogP contribution in [0.3, 0.4) is 0 Å². The molecule has 5 aliphatic rings. The maximum atomic E-state index is 13.2. The summed E-state index contributed by atoms with van der Waals surface area (Å²) in [6.45, 7) is 2.33. The maximum absolute atomic E-state index is 13.2. The predicted molar refractivity (Wildman–Crippen MR) is 89.3 cm³/mol. The molecule has 0 aromatic carbocycles. The van der Waals surface area contributed by atoms with Crippen LogP contribution >= 0.6 is 23.2 Å². The van der Waals surface area contributed by atoms with Crippen molar-refractivity contribution in [1.29, 1.82) is 0 Å². The summed E-state index contributed by atoms with van der Waals surface area (Å²) >= 11 is 11.3. The summed E-state index contributed by atoms with van der Waals surface area (Å²) in [5, 5.41) is 0. The van der Waals surface area contributed by atoms with E-state index >= 15 is 0 Å². The molecule has 0 atom stereocenters. The van der Waals surface area contributed by atoms with Crippen molar-refractivity contribution in [3.8, 4) is 0 Å². The number of amides is 2. The van der Waals surface area contributed by atoms with Crippen molar-refractivity contribution in [2.24, 2.45) is 23.2 Å². The van der Waals surface area contributed by atoms with Gasteiger partial charge in [-0.3, -0.25) is 9.59 Å². The van der Waals surface area contributed by atoms with Crippen molar-refractivity contribution < 1.29 is 9.59 Å². The highest BCUT2D eigenvalue weighted by molar-refractivity contribution is 6.53. The Morgan fingerprint density at radius 3 is 1.70 bits per heavy atom. The first kappa shape index (κ1) is 16.0. The molecule has 4 aliphatic carbocycles. The zero-order chi connectivity index (χ0) is 16.2. The molecule has 0 spiro atoms. The van der Waals surface area contributed by atoms with Gasteiger partial charge in [0.1, 0.15) is 0 Å². The van der Waals surface area contributed by atoms with Crippen molar-refractivity contribution >= 4 is 35.0 Å². The average molecular weight is 359 g/mol. The maximum Gasteiger partial charge on any atom is 0.255 e. The van der Waals surface area contributed by atoms with Gasteiger partial charge >= 0.3 is 0 Å². The van der Waals surface area contributed by atoms with E-state index in [-0.39, 0.29) is 11.3 Å². The monoisotopic (exact) mass is 358 g/mol.